The summed E-state index contributed by atoms with van der Waals surface area (Å²) in [5.41, 5.74) is 2.32. The number of nitrogens with one attached hydrogen (secondary N) is 3. The van der Waals surface area contributed by atoms with Gasteiger partial charge in [-0.05, 0) is 67.0 Å². The maximum absolute atomic E-state index is 12.3. The van der Waals surface area contributed by atoms with E-state index < -0.39 is 0 Å². The maximum Gasteiger partial charge on any atom is 0.257 e. The zero-order chi connectivity index (χ0) is 21.1. The predicted molar refractivity (Wildman–Crippen MR) is 119 cm³/mol. The topological polar surface area (TPSA) is 79.5 Å². The fourth-order valence-electron chi connectivity index (χ4n) is 2.51. The van der Waals surface area contributed by atoms with E-state index in [1.807, 2.05) is 24.3 Å². The molecule has 0 aliphatic carbocycles. The molecule has 2 rings (SSSR count). The second-order valence-corrected chi connectivity index (χ2v) is 6.91. The maximum atomic E-state index is 12.3. The van der Waals surface area contributed by atoms with Crippen LogP contribution < -0.4 is 20.7 Å². The van der Waals surface area contributed by atoms with Gasteiger partial charge in [-0.2, -0.15) is 0 Å². The third-order valence-corrected chi connectivity index (χ3v) is 4.45. The van der Waals surface area contributed by atoms with Gasteiger partial charge < -0.3 is 15.4 Å². The lowest BCUT2D eigenvalue weighted by Gasteiger charge is -2.11. The van der Waals surface area contributed by atoms with Crippen LogP contribution in [0.2, 0.25) is 0 Å². The first-order valence-corrected chi connectivity index (χ1v) is 10.1. The summed E-state index contributed by atoms with van der Waals surface area (Å²) in [4.78, 5) is 23.6. The van der Waals surface area contributed by atoms with E-state index in [9.17, 15) is 9.59 Å². The number of unbranched alkanes of at least 4 members (excludes halogenated alkanes) is 1. The van der Waals surface area contributed by atoms with Crippen LogP contribution >= 0.6 is 12.2 Å². The number of thiocarbonyl (C=S) groups is 1. The Morgan fingerprint density at radius 1 is 1.03 bits per heavy atom. The monoisotopic (exact) mass is 413 g/mol. The van der Waals surface area contributed by atoms with Crippen molar-refractivity contribution < 1.29 is 14.3 Å². The SMILES string of the molecule is CCCCOc1ccc(C(=O)NC(=S)Nc2ccc(CCC(=O)NC)cc2)cc1. The molecule has 0 saturated carbocycles. The molecule has 29 heavy (non-hydrogen) atoms. The van der Waals surface area contributed by atoms with Gasteiger partial charge >= 0.3 is 0 Å². The lowest BCUT2D eigenvalue weighted by molar-refractivity contribution is -0.120. The fraction of sp³-hybridized carbons (Fsp3) is 0.318. The highest BCUT2D eigenvalue weighted by atomic mass is 32.1. The first-order chi connectivity index (χ1) is 14.0. The van der Waals surface area contributed by atoms with Crippen LogP contribution in [0.5, 0.6) is 5.75 Å². The molecule has 0 atom stereocenters. The van der Waals surface area contributed by atoms with E-state index in [2.05, 4.69) is 22.9 Å². The van der Waals surface area contributed by atoms with E-state index in [0.717, 1.165) is 29.8 Å². The van der Waals surface area contributed by atoms with E-state index in [1.165, 1.54) is 0 Å². The van der Waals surface area contributed by atoms with Crippen molar-refractivity contribution in [1.29, 1.82) is 0 Å². The molecule has 0 fully saturated rings. The molecule has 154 valence electrons. The van der Waals surface area contributed by atoms with E-state index in [0.29, 0.717) is 25.0 Å². The summed E-state index contributed by atoms with van der Waals surface area (Å²) in [5, 5.41) is 8.48. The van der Waals surface area contributed by atoms with Gasteiger partial charge in [0.1, 0.15) is 5.75 Å². The van der Waals surface area contributed by atoms with Crippen LogP contribution in [0, 0.1) is 0 Å². The number of benzene rings is 2. The summed E-state index contributed by atoms with van der Waals surface area (Å²) >= 11 is 5.22. The van der Waals surface area contributed by atoms with Crippen molar-refractivity contribution in [2.24, 2.45) is 0 Å². The van der Waals surface area contributed by atoms with Gasteiger partial charge in [0, 0.05) is 24.7 Å². The van der Waals surface area contributed by atoms with Gasteiger partial charge in [0.05, 0.1) is 6.61 Å². The molecule has 0 heterocycles. The number of carbonyl (C=O) groups excluding carboxylic acids is 2. The molecule has 6 nitrogen and oxygen atoms in total. The van der Waals surface area contributed by atoms with Crippen LogP contribution in [0.15, 0.2) is 48.5 Å². The molecule has 2 amide bonds. The Kier molecular flexibility index (Phi) is 9.11. The minimum Gasteiger partial charge on any atom is -0.494 e. The van der Waals surface area contributed by atoms with Gasteiger partial charge in [-0.25, -0.2) is 0 Å². The largest absolute Gasteiger partial charge is 0.494 e. The van der Waals surface area contributed by atoms with Crippen molar-refractivity contribution in [3.63, 3.8) is 0 Å². The molecule has 2 aromatic carbocycles. The molecule has 0 aliphatic heterocycles. The van der Waals surface area contributed by atoms with Gasteiger partial charge in [-0.3, -0.25) is 14.9 Å². The number of hydrogen-bond acceptors (Lipinski definition) is 4. The molecule has 0 spiro atoms. The lowest BCUT2D eigenvalue weighted by Crippen LogP contribution is -2.34. The smallest absolute Gasteiger partial charge is 0.257 e. The Labute approximate surface area is 177 Å². The number of aryl methyl sites for hydroxylation is 1. The quantitative estimate of drug-likeness (QED) is 0.432. The minimum atomic E-state index is -0.287. The third-order valence-electron chi connectivity index (χ3n) is 4.24. The van der Waals surface area contributed by atoms with Crippen molar-refractivity contribution in [1.82, 2.24) is 10.6 Å². The molecule has 0 saturated heterocycles. The zero-order valence-electron chi connectivity index (χ0n) is 16.8. The van der Waals surface area contributed by atoms with Crippen LogP contribution in [-0.4, -0.2) is 30.6 Å². The highest BCUT2D eigenvalue weighted by Crippen LogP contribution is 2.14. The van der Waals surface area contributed by atoms with E-state index in [1.54, 1.807) is 31.3 Å². The van der Waals surface area contributed by atoms with Gasteiger partial charge in [0.25, 0.3) is 5.91 Å². The van der Waals surface area contributed by atoms with Crippen molar-refractivity contribution in [2.75, 3.05) is 19.0 Å². The molecule has 0 radical (unpaired) electrons. The Morgan fingerprint density at radius 2 is 1.72 bits per heavy atom. The van der Waals surface area contributed by atoms with Crippen molar-refractivity contribution in [3.05, 3.63) is 59.7 Å². The predicted octanol–water partition coefficient (Wildman–Crippen LogP) is 3.67. The van der Waals surface area contributed by atoms with Crippen LogP contribution in [0.25, 0.3) is 0 Å². The number of hydrogen-bond donors (Lipinski definition) is 3. The molecular weight excluding hydrogens is 386 g/mol. The van der Waals surface area contributed by atoms with Crippen molar-refractivity contribution >= 4 is 34.8 Å². The zero-order valence-corrected chi connectivity index (χ0v) is 17.6. The number of carbonyl (C=O) groups is 2. The number of amides is 2. The second kappa shape index (κ2) is 11.8. The highest BCUT2D eigenvalue weighted by Gasteiger charge is 2.08. The Morgan fingerprint density at radius 3 is 2.34 bits per heavy atom. The minimum absolute atomic E-state index is 0.0108. The Hall–Kier alpha value is -2.93. The normalized spacial score (nSPS) is 10.1. The first kappa shape index (κ1) is 22.4. The average Bonchev–Trinajstić information content (AvgIpc) is 2.73. The number of ether oxygens (including phenoxy) is 1. The molecule has 2 aromatic rings. The second-order valence-electron chi connectivity index (χ2n) is 6.50. The number of anilines is 1. The summed E-state index contributed by atoms with van der Waals surface area (Å²) in [6.45, 7) is 2.77. The average molecular weight is 414 g/mol. The molecule has 0 bridgehead atoms. The fourth-order valence-corrected chi connectivity index (χ4v) is 2.72. The van der Waals surface area contributed by atoms with Crippen LogP contribution in [0.1, 0.15) is 42.1 Å². The molecule has 0 unspecified atom stereocenters. The van der Waals surface area contributed by atoms with Crippen molar-refractivity contribution in [2.45, 2.75) is 32.6 Å². The summed E-state index contributed by atoms with van der Waals surface area (Å²) in [5.74, 6) is 0.466. The van der Waals surface area contributed by atoms with E-state index in [4.69, 9.17) is 17.0 Å². The van der Waals surface area contributed by atoms with Gasteiger partial charge in [0.2, 0.25) is 5.91 Å². The van der Waals surface area contributed by atoms with Crippen LogP contribution in [0.4, 0.5) is 5.69 Å². The van der Waals surface area contributed by atoms with Gasteiger partial charge in [-0.1, -0.05) is 25.5 Å². The molecule has 7 heteroatoms. The molecule has 0 aliphatic rings. The number of rotatable bonds is 9. The Bertz CT molecular complexity index is 820. The Balaban J connectivity index is 1.82. The van der Waals surface area contributed by atoms with Crippen LogP contribution in [-0.2, 0) is 11.2 Å². The third kappa shape index (κ3) is 7.91. The highest BCUT2D eigenvalue weighted by molar-refractivity contribution is 7.80. The van der Waals surface area contributed by atoms with E-state index >= 15 is 0 Å². The van der Waals surface area contributed by atoms with Crippen molar-refractivity contribution in [3.8, 4) is 5.75 Å². The van der Waals surface area contributed by atoms with Crippen LogP contribution in [0.3, 0.4) is 0 Å². The summed E-state index contributed by atoms with van der Waals surface area (Å²) in [7, 11) is 1.63. The molecule has 3 N–H and O–H groups in total. The molecular formula is C22H27N3O3S. The summed E-state index contributed by atoms with van der Waals surface area (Å²) in [6, 6.07) is 14.5. The standard InChI is InChI=1S/C22H27N3O3S/c1-3-4-15-28-19-12-8-17(9-13-19)21(27)25-22(29)24-18-10-5-16(6-11-18)7-14-20(26)23-2/h5-6,8-13H,3-4,7,14-15H2,1-2H3,(H,23,26)(H2,24,25,27,29). The van der Waals surface area contributed by atoms with Gasteiger partial charge in [-0.15, -0.1) is 0 Å². The first-order valence-electron chi connectivity index (χ1n) is 9.66. The van der Waals surface area contributed by atoms with Gasteiger partial charge in [0.15, 0.2) is 5.11 Å². The summed E-state index contributed by atoms with van der Waals surface area (Å²) < 4.78 is 5.60. The summed E-state index contributed by atoms with van der Waals surface area (Å²) in [6.07, 6.45) is 3.18. The van der Waals surface area contributed by atoms with E-state index in [-0.39, 0.29) is 16.9 Å². The molecule has 0 aromatic heterocycles. The lowest BCUT2D eigenvalue weighted by atomic mass is 10.1.